The zero-order chi connectivity index (χ0) is 18.4. The van der Waals surface area contributed by atoms with Gasteiger partial charge >= 0.3 is 0 Å². The summed E-state index contributed by atoms with van der Waals surface area (Å²) < 4.78 is 0. The Morgan fingerprint density at radius 3 is 2.48 bits per heavy atom. The number of carbonyl (C=O) groups excluding carboxylic acids is 1. The van der Waals surface area contributed by atoms with Crippen molar-refractivity contribution in [1.29, 1.82) is 0 Å². The highest BCUT2D eigenvalue weighted by molar-refractivity contribution is 5.93. The predicted molar refractivity (Wildman–Crippen MR) is 93.4 cm³/mol. The molecule has 134 valence electrons. The number of aryl methyl sites for hydroxylation is 1. The van der Waals surface area contributed by atoms with E-state index in [2.05, 4.69) is 10.2 Å². The number of anilines is 1. The Kier molecular flexibility index (Phi) is 6.24. The van der Waals surface area contributed by atoms with Crippen LogP contribution in [0, 0.1) is 6.92 Å². The van der Waals surface area contributed by atoms with Gasteiger partial charge in [-0.25, -0.2) is 0 Å². The van der Waals surface area contributed by atoms with Gasteiger partial charge in [0.05, 0.1) is 11.8 Å². The second kappa shape index (κ2) is 8.39. The maximum Gasteiger partial charge on any atom is 0.290 e. The van der Waals surface area contributed by atoms with Gasteiger partial charge in [0, 0.05) is 43.9 Å². The zero-order valence-electron chi connectivity index (χ0n) is 14.3. The van der Waals surface area contributed by atoms with Crippen LogP contribution in [-0.4, -0.2) is 70.0 Å². The van der Waals surface area contributed by atoms with Crippen LogP contribution in [0.4, 0.5) is 5.82 Å². The first-order chi connectivity index (χ1) is 12.0. The van der Waals surface area contributed by atoms with E-state index in [-0.39, 0.29) is 12.4 Å². The Hall–Kier alpha value is -2.74. The molecule has 1 aromatic heterocycles. The van der Waals surface area contributed by atoms with Crippen molar-refractivity contribution in [3.63, 3.8) is 0 Å². The quantitative estimate of drug-likeness (QED) is 0.731. The van der Waals surface area contributed by atoms with E-state index in [1.807, 2.05) is 36.1 Å². The van der Waals surface area contributed by atoms with Gasteiger partial charge in [0.15, 0.2) is 5.82 Å². The number of aromatic nitrogens is 2. The number of carboxylic acid groups (broad SMARTS) is 1. The molecule has 3 rings (SSSR count). The van der Waals surface area contributed by atoms with E-state index >= 15 is 0 Å². The topological polar surface area (TPSA) is 107 Å². The summed E-state index contributed by atoms with van der Waals surface area (Å²) in [6.07, 6.45) is -0.590. The van der Waals surface area contributed by atoms with E-state index < -0.39 is 6.10 Å². The molecule has 0 spiro atoms. The van der Waals surface area contributed by atoms with Crippen LogP contribution in [0.15, 0.2) is 24.3 Å². The largest absolute Gasteiger partial charge is 0.483 e. The highest BCUT2D eigenvalue weighted by Gasteiger charge is 2.24. The lowest BCUT2D eigenvalue weighted by atomic mass is 10.1. The van der Waals surface area contributed by atoms with Crippen LogP contribution in [0.3, 0.4) is 0 Å². The average molecular weight is 346 g/mol. The molecule has 0 bridgehead atoms. The maximum absolute atomic E-state index is 11.6. The van der Waals surface area contributed by atoms with Gasteiger partial charge in [-0.1, -0.05) is 24.3 Å². The molecule has 1 amide bonds. The molecule has 0 aliphatic carbocycles. The fourth-order valence-electron chi connectivity index (χ4n) is 2.93. The summed E-state index contributed by atoms with van der Waals surface area (Å²) in [5.74, 6) is 0.756. The van der Waals surface area contributed by atoms with E-state index in [1.165, 1.54) is 6.92 Å². The summed E-state index contributed by atoms with van der Waals surface area (Å²) in [5, 5.41) is 27.7. The number of fused-ring (bicyclic) bond motifs is 1. The van der Waals surface area contributed by atoms with Crippen LogP contribution < -0.4 is 4.90 Å². The van der Waals surface area contributed by atoms with Crippen molar-refractivity contribution in [2.45, 2.75) is 20.0 Å². The number of benzene rings is 1. The molecule has 1 atom stereocenters. The second-order valence-electron chi connectivity index (χ2n) is 5.82. The summed E-state index contributed by atoms with van der Waals surface area (Å²) in [7, 11) is 0. The molecule has 2 N–H and O–H groups in total. The fourth-order valence-corrected chi connectivity index (χ4v) is 2.93. The fraction of sp³-hybridized carbons (Fsp3) is 0.412. The Labute approximate surface area is 145 Å². The molecule has 2 aromatic rings. The molecule has 8 heteroatoms. The smallest absolute Gasteiger partial charge is 0.290 e. The molecule has 1 unspecified atom stereocenters. The predicted octanol–water partition coefficient (Wildman–Crippen LogP) is 0.668. The summed E-state index contributed by atoms with van der Waals surface area (Å²) in [6, 6.07) is 8.00. The number of hydrogen-bond acceptors (Lipinski definition) is 6. The molecule has 1 aliphatic heterocycles. The Bertz CT molecular complexity index is 753. The van der Waals surface area contributed by atoms with Crippen molar-refractivity contribution >= 4 is 29.0 Å². The molecule has 1 aromatic carbocycles. The zero-order valence-corrected chi connectivity index (χ0v) is 14.3. The molecule has 2 heterocycles. The van der Waals surface area contributed by atoms with Gasteiger partial charge < -0.3 is 20.0 Å². The summed E-state index contributed by atoms with van der Waals surface area (Å²) in [5.41, 5.74) is 0.889. The van der Waals surface area contributed by atoms with Crippen LogP contribution in [0.5, 0.6) is 0 Å². The van der Waals surface area contributed by atoms with Gasteiger partial charge in [0.1, 0.15) is 0 Å². The third-order valence-corrected chi connectivity index (χ3v) is 4.10. The minimum Gasteiger partial charge on any atom is -0.483 e. The van der Waals surface area contributed by atoms with Gasteiger partial charge in [0.2, 0.25) is 5.91 Å². The van der Waals surface area contributed by atoms with Crippen LogP contribution in [0.1, 0.15) is 12.6 Å². The minimum atomic E-state index is -0.590. The Balaban J connectivity index is 0.000000701. The molecule has 25 heavy (non-hydrogen) atoms. The van der Waals surface area contributed by atoms with E-state index in [0.717, 1.165) is 22.3 Å². The van der Waals surface area contributed by atoms with Gasteiger partial charge in [-0.3, -0.25) is 9.59 Å². The summed E-state index contributed by atoms with van der Waals surface area (Å²) >= 11 is 0. The van der Waals surface area contributed by atoms with Crippen molar-refractivity contribution in [2.75, 3.05) is 31.1 Å². The number of nitrogens with zero attached hydrogens (tertiary/aromatic N) is 4. The second-order valence-corrected chi connectivity index (χ2v) is 5.82. The first-order valence-electron chi connectivity index (χ1n) is 7.96. The molecular weight excluding hydrogens is 324 g/mol. The lowest BCUT2D eigenvalue weighted by Gasteiger charge is -2.23. The molecule has 1 saturated heterocycles. The van der Waals surface area contributed by atoms with Gasteiger partial charge in [-0.15, -0.1) is 5.10 Å². The monoisotopic (exact) mass is 346 g/mol. The van der Waals surface area contributed by atoms with Crippen LogP contribution in [-0.2, 0) is 9.59 Å². The molecule has 0 saturated carbocycles. The number of aliphatic hydroxyl groups is 1. The first kappa shape index (κ1) is 18.6. The van der Waals surface area contributed by atoms with Crippen molar-refractivity contribution in [1.82, 2.24) is 15.1 Å². The van der Waals surface area contributed by atoms with Crippen LogP contribution >= 0.6 is 0 Å². The molecule has 1 aliphatic rings. The van der Waals surface area contributed by atoms with E-state index in [4.69, 9.17) is 9.90 Å². The standard InChI is InChI=1S/C16H20N4O2.CH2O2/c1-11-14-5-3-4-6-15(14)16(18-17-11)20-8-7-19(12(2)21)9-13(22)10-20;2-1-3/h3-6,13,22H,7-10H2,1-2H3;1H,(H,2,3). The van der Waals surface area contributed by atoms with Crippen LogP contribution in [0.25, 0.3) is 10.8 Å². The van der Waals surface area contributed by atoms with Gasteiger partial charge in [0.25, 0.3) is 6.47 Å². The summed E-state index contributed by atoms with van der Waals surface area (Å²) in [6.45, 7) is 5.25. The highest BCUT2D eigenvalue weighted by atomic mass is 16.3. The van der Waals surface area contributed by atoms with Crippen molar-refractivity contribution in [3.05, 3.63) is 30.0 Å². The number of amides is 1. The molecule has 8 nitrogen and oxygen atoms in total. The first-order valence-corrected chi connectivity index (χ1v) is 7.96. The molecular formula is C17H22N4O4. The number of aliphatic hydroxyl groups excluding tert-OH is 1. The Morgan fingerprint density at radius 2 is 1.84 bits per heavy atom. The minimum absolute atomic E-state index is 0.0132. The lowest BCUT2D eigenvalue weighted by Crippen LogP contribution is -2.36. The molecule has 0 radical (unpaired) electrons. The van der Waals surface area contributed by atoms with Gasteiger partial charge in [-0.2, -0.15) is 5.10 Å². The number of rotatable bonds is 1. The van der Waals surface area contributed by atoms with Crippen molar-refractivity contribution in [2.24, 2.45) is 0 Å². The average Bonchev–Trinajstić information content (AvgIpc) is 2.78. The SMILES string of the molecule is CC(=O)N1CCN(c2nnc(C)c3ccccc23)CC(O)C1.O=CO. The number of hydrogen-bond donors (Lipinski definition) is 2. The van der Waals surface area contributed by atoms with E-state index in [1.54, 1.807) is 4.90 Å². The van der Waals surface area contributed by atoms with Crippen molar-refractivity contribution < 1.29 is 19.8 Å². The number of carbonyl (C=O) groups is 2. The highest BCUT2D eigenvalue weighted by Crippen LogP contribution is 2.26. The third-order valence-electron chi connectivity index (χ3n) is 4.10. The normalized spacial score (nSPS) is 17.5. The summed E-state index contributed by atoms with van der Waals surface area (Å²) in [4.78, 5) is 23.6. The van der Waals surface area contributed by atoms with E-state index in [9.17, 15) is 9.90 Å². The van der Waals surface area contributed by atoms with Gasteiger partial charge in [-0.05, 0) is 6.92 Å². The Morgan fingerprint density at radius 1 is 1.20 bits per heavy atom. The lowest BCUT2D eigenvalue weighted by molar-refractivity contribution is -0.129. The van der Waals surface area contributed by atoms with E-state index in [0.29, 0.717) is 26.2 Å². The van der Waals surface area contributed by atoms with Crippen molar-refractivity contribution in [3.8, 4) is 0 Å². The maximum atomic E-state index is 11.6. The third kappa shape index (κ3) is 4.42. The number of β-amino-alcohol motifs (C(OH)–C–C–N with tert-alkyl or cyclic N) is 1. The van der Waals surface area contributed by atoms with Crippen LogP contribution in [0.2, 0.25) is 0 Å². The molecule has 1 fully saturated rings.